The summed E-state index contributed by atoms with van der Waals surface area (Å²) in [6.45, 7) is 5.01. The number of nitrogens with zero attached hydrogens (tertiary/aromatic N) is 1. The summed E-state index contributed by atoms with van der Waals surface area (Å²) < 4.78 is 50.6. The first-order valence-electron chi connectivity index (χ1n) is 8.44. The molecule has 0 aliphatic rings. The number of halogens is 1. The van der Waals surface area contributed by atoms with Crippen LogP contribution in [-0.2, 0) is 19.6 Å². The van der Waals surface area contributed by atoms with Gasteiger partial charge in [0.15, 0.2) is 0 Å². The standard InChI is InChI=1S/C19H22FNO5S/c1-4-25-19(22)13-21(16-7-9-17(10-8-16)26-14(2)3)27(23,24)18-11-5-15(20)6-12-18/h5-12,14H,4,13H2,1-3H3. The Morgan fingerprint density at radius 2 is 1.67 bits per heavy atom. The lowest BCUT2D eigenvalue weighted by atomic mass is 10.3. The summed E-state index contributed by atoms with van der Waals surface area (Å²) >= 11 is 0. The number of ether oxygens (including phenoxy) is 2. The van der Waals surface area contributed by atoms with Gasteiger partial charge in [-0.15, -0.1) is 0 Å². The maximum atomic E-state index is 13.2. The van der Waals surface area contributed by atoms with Crippen LogP contribution in [0.4, 0.5) is 10.1 Å². The highest BCUT2D eigenvalue weighted by atomic mass is 32.2. The van der Waals surface area contributed by atoms with Gasteiger partial charge in [-0.25, -0.2) is 12.8 Å². The second kappa shape index (κ2) is 8.85. The largest absolute Gasteiger partial charge is 0.491 e. The molecule has 8 heteroatoms. The van der Waals surface area contributed by atoms with E-state index in [9.17, 15) is 17.6 Å². The molecule has 146 valence electrons. The highest BCUT2D eigenvalue weighted by Crippen LogP contribution is 2.26. The van der Waals surface area contributed by atoms with E-state index in [0.717, 1.165) is 28.6 Å². The van der Waals surface area contributed by atoms with Gasteiger partial charge < -0.3 is 9.47 Å². The van der Waals surface area contributed by atoms with Gasteiger partial charge in [0.05, 0.1) is 23.3 Å². The van der Waals surface area contributed by atoms with Crippen molar-refractivity contribution in [3.05, 3.63) is 54.3 Å². The molecular weight excluding hydrogens is 373 g/mol. The summed E-state index contributed by atoms with van der Waals surface area (Å²) in [7, 11) is -4.10. The summed E-state index contributed by atoms with van der Waals surface area (Å²) in [5.74, 6) is -0.671. The van der Waals surface area contributed by atoms with E-state index >= 15 is 0 Å². The molecule has 6 nitrogen and oxygen atoms in total. The van der Waals surface area contributed by atoms with Gasteiger partial charge in [0.2, 0.25) is 0 Å². The highest BCUT2D eigenvalue weighted by Gasteiger charge is 2.27. The molecule has 0 amide bonds. The third kappa shape index (κ3) is 5.43. The molecule has 0 saturated carbocycles. The predicted octanol–water partition coefficient (Wildman–Crippen LogP) is 3.37. The van der Waals surface area contributed by atoms with Crippen molar-refractivity contribution in [2.45, 2.75) is 31.8 Å². The molecule has 2 aromatic rings. The average Bonchev–Trinajstić information content (AvgIpc) is 2.60. The Bertz CT molecular complexity index is 864. The minimum Gasteiger partial charge on any atom is -0.491 e. The molecule has 0 aliphatic heterocycles. The first kappa shape index (κ1) is 20.7. The Hall–Kier alpha value is -2.61. The van der Waals surface area contributed by atoms with Crippen LogP contribution >= 0.6 is 0 Å². The Morgan fingerprint density at radius 1 is 1.07 bits per heavy atom. The second-order valence-electron chi connectivity index (χ2n) is 5.93. The molecule has 0 N–H and O–H groups in total. The molecule has 0 atom stereocenters. The molecule has 0 bridgehead atoms. The van der Waals surface area contributed by atoms with E-state index in [4.69, 9.17) is 9.47 Å². The van der Waals surface area contributed by atoms with Crippen molar-refractivity contribution < 1.29 is 27.1 Å². The van der Waals surface area contributed by atoms with E-state index in [1.54, 1.807) is 19.1 Å². The lowest BCUT2D eigenvalue weighted by Gasteiger charge is -2.24. The fourth-order valence-electron chi connectivity index (χ4n) is 2.34. The summed E-state index contributed by atoms with van der Waals surface area (Å²) in [4.78, 5) is 11.8. The van der Waals surface area contributed by atoms with Crippen LogP contribution in [0.5, 0.6) is 5.75 Å². The normalized spacial score (nSPS) is 11.3. The van der Waals surface area contributed by atoms with E-state index in [2.05, 4.69) is 0 Å². The third-order valence-electron chi connectivity index (χ3n) is 3.48. The number of sulfonamides is 1. The van der Waals surface area contributed by atoms with Gasteiger partial charge in [0.25, 0.3) is 10.0 Å². The van der Waals surface area contributed by atoms with Crippen LogP contribution in [0.15, 0.2) is 53.4 Å². The molecule has 0 aromatic heterocycles. The number of anilines is 1. The highest BCUT2D eigenvalue weighted by molar-refractivity contribution is 7.92. The Kier molecular flexibility index (Phi) is 6.79. The second-order valence-corrected chi connectivity index (χ2v) is 7.79. The van der Waals surface area contributed by atoms with Crippen molar-refractivity contribution in [3.63, 3.8) is 0 Å². The van der Waals surface area contributed by atoms with Crippen molar-refractivity contribution >= 4 is 21.7 Å². The van der Waals surface area contributed by atoms with Crippen molar-refractivity contribution in [1.82, 2.24) is 0 Å². The summed E-state index contributed by atoms with van der Waals surface area (Å²) in [6, 6.07) is 10.7. The smallest absolute Gasteiger partial charge is 0.326 e. The van der Waals surface area contributed by atoms with E-state index in [0.29, 0.717) is 5.75 Å². The fourth-order valence-corrected chi connectivity index (χ4v) is 3.74. The molecule has 0 heterocycles. The van der Waals surface area contributed by atoms with Gasteiger partial charge in [-0.3, -0.25) is 9.10 Å². The Balaban J connectivity index is 2.41. The lowest BCUT2D eigenvalue weighted by Crippen LogP contribution is -2.36. The van der Waals surface area contributed by atoms with E-state index in [-0.39, 0.29) is 23.3 Å². The summed E-state index contributed by atoms with van der Waals surface area (Å²) in [6.07, 6.45) is -0.0329. The summed E-state index contributed by atoms with van der Waals surface area (Å²) in [5.41, 5.74) is 0.267. The topological polar surface area (TPSA) is 72.9 Å². The van der Waals surface area contributed by atoms with Crippen molar-refractivity contribution in [2.24, 2.45) is 0 Å². The van der Waals surface area contributed by atoms with Crippen LogP contribution in [0.3, 0.4) is 0 Å². The van der Waals surface area contributed by atoms with E-state index in [1.165, 1.54) is 12.1 Å². The van der Waals surface area contributed by atoms with Crippen LogP contribution in [0.25, 0.3) is 0 Å². The number of hydrogen-bond acceptors (Lipinski definition) is 5. The van der Waals surface area contributed by atoms with Crippen molar-refractivity contribution in [3.8, 4) is 5.75 Å². The van der Waals surface area contributed by atoms with Crippen LogP contribution in [-0.4, -0.2) is 33.6 Å². The SMILES string of the molecule is CCOC(=O)CN(c1ccc(OC(C)C)cc1)S(=O)(=O)c1ccc(F)cc1. The average molecular weight is 395 g/mol. The molecule has 0 aliphatic carbocycles. The van der Waals surface area contributed by atoms with Crippen LogP contribution < -0.4 is 9.04 Å². The first-order valence-corrected chi connectivity index (χ1v) is 9.88. The molecule has 0 spiro atoms. The van der Waals surface area contributed by atoms with E-state index < -0.39 is 28.4 Å². The lowest BCUT2D eigenvalue weighted by molar-refractivity contribution is -0.141. The monoisotopic (exact) mass is 395 g/mol. The number of benzene rings is 2. The van der Waals surface area contributed by atoms with Gasteiger partial charge in [-0.05, 0) is 69.3 Å². The third-order valence-corrected chi connectivity index (χ3v) is 5.26. The fraction of sp³-hybridized carbons (Fsp3) is 0.316. The van der Waals surface area contributed by atoms with E-state index in [1.807, 2.05) is 13.8 Å². The minimum atomic E-state index is -4.10. The maximum absolute atomic E-state index is 13.2. The van der Waals surface area contributed by atoms with Crippen molar-refractivity contribution in [2.75, 3.05) is 17.5 Å². The number of hydrogen-bond donors (Lipinski definition) is 0. The van der Waals surface area contributed by atoms with Crippen LogP contribution in [0.2, 0.25) is 0 Å². The molecule has 0 saturated heterocycles. The molecule has 0 fully saturated rings. The van der Waals surface area contributed by atoms with Gasteiger partial charge in [-0.1, -0.05) is 0 Å². The van der Waals surface area contributed by atoms with Crippen LogP contribution in [0, 0.1) is 5.82 Å². The Labute approximate surface area is 158 Å². The molecule has 2 rings (SSSR count). The van der Waals surface area contributed by atoms with Gasteiger partial charge >= 0.3 is 5.97 Å². The predicted molar refractivity (Wildman–Crippen MR) is 99.8 cm³/mol. The molecule has 0 radical (unpaired) electrons. The molecule has 27 heavy (non-hydrogen) atoms. The quantitative estimate of drug-likeness (QED) is 0.641. The first-order chi connectivity index (χ1) is 12.7. The van der Waals surface area contributed by atoms with Gasteiger partial charge in [0.1, 0.15) is 18.1 Å². The molecular formula is C19H22FNO5S. The number of rotatable bonds is 8. The zero-order valence-corrected chi connectivity index (χ0v) is 16.2. The zero-order valence-electron chi connectivity index (χ0n) is 15.4. The molecule has 2 aromatic carbocycles. The minimum absolute atomic E-state index is 0.0329. The zero-order chi connectivity index (χ0) is 20.0. The van der Waals surface area contributed by atoms with Gasteiger partial charge in [-0.2, -0.15) is 0 Å². The Morgan fingerprint density at radius 3 is 2.19 bits per heavy atom. The number of esters is 1. The number of carbonyl (C=O) groups excluding carboxylic acids is 1. The molecule has 0 unspecified atom stereocenters. The van der Waals surface area contributed by atoms with Crippen LogP contribution in [0.1, 0.15) is 20.8 Å². The van der Waals surface area contributed by atoms with Crippen molar-refractivity contribution in [1.29, 1.82) is 0 Å². The maximum Gasteiger partial charge on any atom is 0.326 e. The summed E-state index contributed by atoms with van der Waals surface area (Å²) in [5, 5.41) is 0. The number of carbonyl (C=O) groups is 1. The van der Waals surface area contributed by atoms with Gasteiger partial charge in [0, 0.05) is 0 Å².